The van der Waals surface area contributed by atoms with Crippen LogP contribution in [0.4, 0.5) is 0 Å². The lowest BCUT2D eigenvalue weighted by Gasteiger charge is -2.12. The first-order valence-electron chi connectivity index (χ1n) is 2.55. The van der Waals surface area contributed by atoms with Gasteiger partial charge in [0.15, 0.2) is 4.87 Å². The van der Waals surface area contributed by atoms with E-state index in [1.807, 2.05) is 6.07 Å². The van der Waals surface area contributed by atoms with Crippen molar-refractivity contribution >= 4 is 17.8 Å². The van der Waals surface area contributed by atoms with E-state index in [9.17, 15) is 0 Å². The molecule has 1 unspecified atom stereocenters. The Labute approximate surface area is 58.5 Å². The van der Waals surface area contributed by atoms with Gasteiger partial charge in [-0.3, -0.25) is 4.99 Å². The number of halogens is 1. The molecular weight excluding hydrogens is 136 g/mol. The Morgan fingerprint density at radius 2 is 2.56 bits per heavy atom. The highest BCUT2D eigenvalue weighted by Crippen LogP contribution is 2.17. The molecule has 0 radical (unpaired) electrons. The highest BCUT2D eigenvalue weighted by Gasteiger charge is 2.23. The summed E-state index contributed by atoms with van der Waals surface area (Å²) in [5, 5.41) is 8.44. The fraction of sp³-hybridized carbons (Fsp3) is 0.333. The van der Waals surface area contributed by atoms with Gasteiger partial charge in [0.25, 0.3) is 0 Å². The van der Waals surface area contributed by atoms with Crippen molar-refractivity contribution in [3.63, 3.8) is 0 Å². The average Bonchev–Trinajstić information content (AvgIpc) is 1.90. The molecule has 0 amide bonds. The van der Waals surface area contributed by atoms with Gasteiger partial charge in [0.2, 0.25) is 0 Å². The topological polar surface area (TPSA) is 36.1 Å². The molecular formula is C6H5ClN2. The SMILES string of the molecule is N#CC1(Cl)C=CC=NC1. The Morgan fingerprint density at radius 1 is 1.78 bits per heavy atom. The summed E-state index contributed by atoms with van der Waals surface area (Å²) in [7, 11) is 0. The van der Waals surface area contributed by atoms with Crippen LogP contribution >= 0.6 is 11.6 Å². The molecule has 1 aliphatic rings. The predicted molar refractivity (Wildman–Crippen MR) is 36.7 cm³/mol. The first-order chi connectivity index (χ1) is 4.27. The van der Waals surface area contributed by atoms with Crippen LogP contribution in [0, 0.1) is 11.3 Å². The van der Waals surface area contributed by atoms with Crippen molar-refractivity contribution in [3.8, 4) is 6.07 Å². The third kappa shape index (κ3) is 1.30. The minimum absolute atomic E-state index is 0.363. The molecule has 0 aromatic carbocycles. The molecule has 0 saturated heterocycles. The molecule has 1 rings (SSSR count). The lowest BCUT2D eigenvalue weighted by molar-refractivity contribution is 0.870. The van der Waals surface area contributed by atoms with Crippen LogP contribution in [-0.4, -0.2) is 17.6 Å². The first kappa shape index (κ1) is 6.31. The molecule has 9 heavy (non-hydrogen) atoms. The highest BCUT2D eigenvalue weighted by atomic mass is 35.5. The summed E-state index contributed by atoms with van der Waals surface area (Å²) in [6.45, 7) is 0.363. The van der Waals surface area contributed by atoms with Gasteiger partial charge in [-0.25, -0.2) is 0 Å². The van der Waals surface area contributed by atoms with Crippen LogP contribution in [0.2, 0.25) is 0 Å². The molecule has 46 valence electrons. The molecule has 0 aliphatic carbocycles. The number of allylic oxidation sites excluding steroid dienone is 1. The Bertz CT molecular complexity index is 202. The summed E-state index contributed by atoms with van der Waals surface area (Å²) in [6, 6.07) is 1.95. The molecule has 0 aromatic rings. The number of nitriles is 1. The number of nitrogens with zero attached hydrogens (tertiary/aromatic N) is 2. The summed E-state index contributed by atoms with van der Waals surface area (Å²) in [6.07, 6.45) is 4.96. The maximum atomic E-state index is 8.44. The van der Waals surface area contributed by atoms with Crippen molar-refractivity contribution in [2.24, 2.45) is 4.99 Å². The van der Waals surface area contributed by atoms with Gasteiger partial charge in [-0.15, -0.1) is 0 Å². The molecule has 2 nitrogen and oxygen atoms in total. The van der Waals surface area contributed by atoms with Crippen molar-refractivity contribution in [2.45, 2.75) is 4.87 Å². The van der Waals surface area contributed by atoms with E-state index in [0.29, 0.717) is 6.54 Å². The molecule has 0 fully saturated rings. The Morgan fingerprint density at radius 3 is 2.89 bits per heavy atom. The number of hydrogen-bond acceptors (Lipinski definition) is 2. The van der Waals surface area contributed by atoms with Crippen LogP contribution in [-0.2, 0) is 0 Å². The summed E-state index contributed by atoms with van der Waals surface area (Å²) in [5.41, 5.74) is 0. The standard InChI is InChI=1S/C6H5ClN2/c7-6(4-8)2-1-3-9-5-6/h1-3H,5H2. The normalized spacial score (nSPS) is 32.0. The quantitative estimate of drug-likeness (QED) is 0.465. The smallest absolute Gasteiger partial charge is 0.168 e. The van der Waals surface area contributed by atoms with Crippen molar-refractivity contribution in [1.29, 1.82) is 5.26 Å². The largest absolute Gasteiger partial charge is 0.290 e. The van der Waals surface area contributed by atoms with Crippen molar-refractivity contribution in [1.82, 2.24) is 0 Å². The Balaban J connectivity index is 2.77. The Hall–Kier alpha value is -0.810. The van der Waals surface area contributed by atoms with E-state index < -0.39 is 4.87 Å². The Kier molecular flexibility index (Phi) is 1.54. The molecule has 3 heteroatoms. The summed E-state index contributed by atoms with van der Waals surface area (Å²) in [5.74, 6) is 0. The van der Waals surface area contributed by atoms with E-state index in [4.69, 9.17) is 16.9 Å². The minimum atomic E-state index is -0.880. The second-order valence-corrected chi connectivity index (χ2v) is 2.50. The van der Waals surface area contributed by atoms with Crippen LogP contribution in [0.1, 0.15) is 0 Å². The summed E-state index contributed by atoms with van der Waals surface area (Å²) < 4.78 is 0. The van der Waals surface area contributed by atoms with E-state index in [1.165, 1.54) is 0 Å². The minimum Gasteiger partial charge on any atom is -0.290 e. The van der Waals surface area contributed by atoms with Gasteiger partial charge < -0.3 is 0 Å². The molecule has 0 N–H and O–H groups in total. The second kappa shape index (κ2) is 2.20. The highest BCUT2D eigenvalue weighted by molar-refractivity contribution is 6.27. The number of rotatable bonds is 0. The molecule has 1 heterocycles. The maximum absolute atomic E-state index is 8.44. The number of dihydropyridines is 1. The lowest BCUT2D eigenvalue weighted by atomic mass is 10.1. The summed E-state index contributed by atoms with van der Waals surface area (Å²) in [4.78, 5) is 2.95. The van der Waals surface area contributed by atoms with E-state index in [-0.39, 0.29) is 0 Å². The molecule has 0 spiro atoms. The van der Waals surface area contributed by atoms with Gasteiger partial charge in [-0.1, -0.05) is 11.6 Å². The zero-order chi connectivity index (χ0) is 6.74. The first-order valence-corrected chi connectivity index (χ1v) is 2.92. The fourth-order valence-electron chi connectivity index (χ4n) is 0.567. The van der Waals surface area contributed by atoms with E-state index in [0.717, 1.165) is 0 Å². The van der Waals surface area contributed by atoms with Crippen LogP contribution in [0.5, 0.6) is 0 Å². The van der Waals surface area contributed by atoms with Gasteiger partial charge in [-0.05, 0) is 12.2 Å². The van der Waals surface area contributed by atoms with Gasteiger partial charge in [0.05, 0.1) is 12.6 Å². The van der Waals surface area contributed by atoms with Gasteiger partial charge in [0.1, 0.15) is 0 Å². The van der Waals surface area contributed by atoms with Crippen LogP contribution in [0.15, 0.2) is 17.1 Å². The fourth-order valence-corrected chi connectivity index (χ4v) is 0.709. The third-order valence-electron chi connectivity index (χ3n) is 1.06. The number of aliphatic imine (C=N–C) groups is 1. The third-order valence-corrected chi connectivity index (χ3v) is 1.39. The molecule has 0 saturated carbocycles. The van der Waals surface area contributed by atoms with Crippen LogP contribution in [0.25, 0.3) is 0 Å². The van der Waals surface area contributed by atoms with Gasteiger partial charge in [-0.2, -0.15) is 5.26 Å². The molecule has 1 aliphatic heterocycles. The predicted octanol–water partition coefficient (Wildman–Crippen LogP) is 1.13. The van der Waals surface area contributed by atoms with Gasteiger partial charge in [0, 0.05) is 6.21 Å². The zero-order valence-electron chi connectivity index (χ0n) is 4.71. The zero-order valence-corrected chi connectivity index (χ0v) is 5.47. The van der Waals surface area contributed by atoms with Crippen LogP contribution < -0.4 is 0 Å². The molecule has 0 bridgehead atoms. The van der Waals surface area contributed by atoms with Gasteiger partial charge >= 0.3 is 0 Å². The molecule has 1 atom stereocenters. The van der Waals surface area contributed by atoms with E-state index in [1.54, 1.807) is 18.4 Å². The monoisotopic (exact) mass is 140 g/mol. The van der Waals surface area contributed by atoms with Crippen molar-refractivity contribution < 1.29 is 0 Å². The maximum Gasteiger partial charge on any atom is 0.168 e. The lowest BCUT2D eigenvalue weighted by Crippen LogP contribution is -2.21. The number of alkyl halides is 1. The molecule has 0 aromatic heterocycles. The van der Waals surface area contributed by atoms with Crippen molar-refractivity contribution in [2.75, 3.05) is 6.54 Å². The van der Waals surface area contributed by atoms with E-state index >= 15 is 0 Å². The van der Waals surface area contributed by atoms with Crippen LogP contribution in [0.3, 0.4) is 0 Å². The number of hydrogen-bond donors (Lipinski definition) is 0. The van der Waals surface area contributed by atoms with E-state index in [2.05, 4.69) is 4.99 Å². The summed E-state index contributed by atoms with van der Waals surface area (Å²) >= 11 is 5.70. The van der Waals surface area contributed by atoms with Crippen molar-refractivity contribution in [3.05, 3.63) is 12.2 Å². The second-order valence-electron chi connectivity index (χ2n) is 1.82. The average molecular weight is 141 g/mol.